The third kappa shape index (κ3) is 1.76. The van der Waals surface area contributed by atoms with E-state index >= 15 is 0 Å². The van der Waals surface area contributed by atoms with Crippen LogP contribution in [-0.4, -0.2) is 30.2 Å². The molecule has 0 aliphatic carbocycles. The second kappa shape index (κ2) is 3.61. The second-order valence-corrected chi connectivity index (χ2v) is 3.24. The van der Waals surface area contributed by atoms with Crippen LogP contribution in [0.1, 0.15) is 10.4 Å². The van der Waals surface area contributed by atoms with Crippen LogP contribution < -0.4 is 10.2 Å². The Kier molecular flexibility index (Phi) is 2.29. The molecule has 0 spiro atoms. The van der Waals surface area contributed by atoms with E-state index in [1.54, 1.807) is 12.1 Å². The lowest BCUT2D eigenvalue weighted by atomic mass is 10.2. The van der Waals surface area contributed by atoms with Crippen LogP contribution in [0.25, 0.3) is 0 Å². The van der Waals surface area contributed by atoms with Crippen LogP contribution in [0.15, 0.2) is 24.3 Å². The van der Waals surface area contributed by atoms with Gasteiger partial charge < -0.3 is 10.4 Å². The van der Waals surface area contributed by atoms with Gasteiger partial charge in [-0.2, -0.15) is 0 Å². The van der Waals surface area contributed by atoms with E-state index in [9.17, 15) is 9.59 Å². The van der Waals surface area contributed by atoms with E-state index in [0.717, 1.165) is 0 Å². The van der Waals surface area contributed by atoms with Crippen molar-refractivity contribution in [2.75, 3.05) is 18.0 Å². The lowest BCUT2D eigenvalue weighted by molar-refractivity contribution is 0.0697. The number of carboxylic acids is 1. The highest BCUT2D eigenvalue weighted by molar-refractivity contribution is 5.96. The molecule has 1 aromatic rings. The summed E-state index contributed by atoms with van der Waals surface area (Å²) in [4.78, 5) is 23.6. The van der Waals surface area contributed by atoms with E-state index < -0.39 is 5.97 Å². The Hall–Kier alpha value is -2.04. The van der Waals surface area contributed by atoms with Gasteiger partial charge in [0.25, 0.3) is 0 Å². The zero-order chi connectivity index (χ0) is 10.8. The number of carboxylic acid groups (broad SMARTS) is 1. The van der Waals surface area contributed by atoms with Gasteiger partial charge in [-0.05, 0) is 18.2 Å². The number of nitrogens with zero attached hydrogens (tertiary/aromatic N) is 1. The number of urea groups is 1. The number of nitrogens with one attached hydrogen (secondary N) is 1. The number of benzene rings is 1. The maximum atomic E-state index is 11.3. The number of anilines is 1. The molecule has 1 fully saturated rings. The molecule has 1 saturated heterocycles. The first-order valence-electron chi connectivity index (χ1n) is 4.57. The summed E-state index contributed by atoms with van der Waals surface area (Å²) < 4.78 is 0. The van der Waals surface area contributed by atoms with E-state index in [1.807, 2.05) is 0 Å². The fourth-order valence-corrected chi connectivity index (χ4v) is 1.52. The van der Waals surface area contributed by atoms with Crippen molar-refractivity contribution in [2.24, 2.45) is 0 Å². The lowest BCUT2D eigenvalue weighted by Gasteiger charge is -2.14. The van der Waals surface area contributed by atoms with Gasteiger partial charge in [-0.1, -0.05) is 6.07 Å². The SMILES string of the molecule is O=C(O)c1cccc(N2CCNC2=O)c1. The Balaban J connectivity index is 2.32. The topological polar surface area (TPSA) is 69.6 Å². The summed E-state index contributed by atoms with van der Waals surface area (Å²) in [6, 6.07) is 6.16. The molecule has 2 amide bonds. The zero-order valence-corrected chi connectivity index (χ0v) is 7.93. The van der Waals surface area contributed by atoms with Crippen LogP contribution in [0.2, 0.25) is 0 Å². The highest BCUT2D eigenvalue weighted by atomic mass is 16.4. The largest absolute Gasteiger partial charge is 0.478 e. The van der Waals surface area contributed by atoms with Crippen molar-refractivity contribution < 1.29 is 14.7 Å². The van der Waals surface area contributed by atoms with Crippen molar-refractivity contribution in [3.05, 3.63) is 29.8 Å². The average molecular weight is 206 g/mol. The maximum Gasteiger partial charge on any atom is 0.335 e. The van der Waals surface area contributed by atoms with Crippen LogP contribution in [-0.2, 0) is 0 Å². The van der Waals surface area contributed by atoms with E-state index in [4.69, 9.17) is 5.11 Å². The van der Waals surface area contributed by atoms with Crippen molar-refractivity contribution in [2.45, 2.75) is 0 Å². The molecule has 78 valence electrons. The minimum Gasteiger partial charge on any atom is -0.478 e. The summed E-state index contributed by atoms with van der Waals surface area (Å²) in [5.74, 6) is -0.989. The summed E-state index contributed by atoms with van der Waals surface area (Å²) in [6.07, 6.45) is 0. The van der Waals surface area contributed by atoms with Crippen molar-refractivity contribution >= 4 is 17.7 Å². The Morgan fingerprint density at radius 3 is 2.87 bits per heavy atom. The predicted octanol–water partition coefficient (Wildman–Crippen LogP) is 0.914. The summed E-state index contributed by atoms with van der Waals surface area (Å²) in [6.45, 7) is 1.16. The molecular formula is C10H10N2O3. The molecule has 2 N–H and O–H groups in total. The average Bonchev–Trinajstić information content (AvgIpc) is 2.64. The van der Waals surface area contributed by atoms with E-state index in [2.05, 4.69) is 5.32 Å². The first-order valence-corrected chi connectivity index (χ1v) is 4.57. The van der Waals surface area contributed by atoms with Crippen LogP contribution in [0.3, 0.4) is 0 Å². The van der Waals surface area contributed by atoms with Crippen LogP contribution in [0, 0.1) is 0 Å². The quantitative estimate of drug-likeness (QED) is 0.755. The van der Waals surface area contributed by atoms with Crippen molar-refractivity contribution in [3.8, 4) is 0 Å². The van der Waals surface area contributed by atoms with Gasteiger partial charge in [0, 0.05) is 18.8 Å². The molecule has 15 heavy (non-hydrogen) atoms. The van der Waals surface area contributed by atoms with Gasteiger partial charge >= 0.3 is 12.0 Å². The first kappa shape index (κ1) is 9.51. The molecule has 0 aromatic heterocycles. The van der Waals surface area contributed by atoms with Gasteiger partial charge in [0.15, 0.2) is 0 Å². The van der Waals surface area contributed by atoms with Gasteiger partial charge in [-0.15, -0.1) is 0 Å². The predicted molar refractivity (Wildman–Crippen MR) is 54.1 cm³/mol. The van der Waals surface area contributed by atoms with Gasteiger partial charge in [0.05, 0.1) is 5.56 Å². The fraction of sp³-hybridized carbons (Fsp3) is 0.200. The van der Waals surface area contributed by atoms with Gasteiger partial charge in [0.1, 0.15) is 0 Å². The lowest BCUT2D eigenvalue weighted by Crippen LogP contribution is -2.27. The highest BCUT2D eigenvalue weighted by Crippen LogP contribution is 2.17. The molecule has 2 rings (SSSR count). The second-order valence-electron chi connectivity index (χ2n) is 3.24. The molecule has 1 aliphatic rings. The van der Waals surface area contributed by atoms with Gasteiger partial charge in [-0.3, -0.25) is 4.90 Å². The molecule has 1 aromatic carbocycles. The molecule has 0 unspecified atom stereocenters. The van der Waals surface area contributed by atoms with E-state index in [1.165, 1.54) is 17.0 Å². The Morgan fingerprint density at radius 1 is 1.47 bits per heavy atom. The molecule has 5 heteroatoms. The Bertz CT molecular complexity index is 417. The number of amides is 2. The Labute approximate surface area is 86.3 Å². The van der Waals surface area contributed by atoms with Crippen molar-refractivity contribution in [1.29, 1.82) is 0 Å². The summed E-state index contributed by atoms with van der Waals surface area (Å²) in [5.41, 5.74) is 0.803. The van der Waals surface area contributed by atoms with Crippen LogP contribution >= 0.6 is 0 Å². The van der Waals surface area contributed by atoms with Crippen LogP contribution in [0.5, 0.6) is 0 Å². The molecule has 1 aliphatic heterocycles. The van der Waals surface area contributed by atoms with E-state index in [-0.39, 0.29) is 11.6 Å². The summed E-state index contributed by atoms with van der Waals surface area (Å²) >= 11 is 0. The number of hydrogen-bond donors (Lipinski definition) is 2. The fourth-order valence-electron chi connectivity index (χ4n) is 1.52. The molecule has 0 bridgehead atoms. The first-order chi connectivity index (χ1) is 7.18. The molecule has 0 atom stereocenters. The van der Waals surface area contributed by atoms with Crippen LogP contribution in [0.4, 0.5) is 10.5 Å². The smallest absolute Gasteiger partial charge is 0.335 e. The molecular weight excluding hydrogens is 196 g/mol. The number of carbonyl (C=O) groups excluding carboxylic acids is 1. The van der Waals surface area contributed by atoms with Gasteiger partial charge in [0.2, 0.25) is 0 Å². The minimum atomic E-state index is -0.989. The molecule has 0 saturated carbocycles. The standard InChI is InChI=1S/C10H10N2O3/c13-9(14)7-2-1-3-8(6-7)12-5-4-11-10(12)15/h1-3,6H,4-5H2,(H,11,15)(H,13,14). The number of rotatable bonds is 2. The third-order valence-corrected chi connectivity index (χ3v) is 2.26. The number of carbonyl (C=O) groups is 2. The number of hydrogen-bond acceptors (Lipinski definition) is 2. The maximum absolute atomic E-state index is 11.3. The van der Waals surface area contributed by atoms with E-state index in [0.29, 0.717) is 18.8 Å². The highest BCUT2D eigenvalue weighted by Gasteiger charge is 2.21. The third-order valence-electron chi connectivity index (χ3n) is 2.26. The zero-order valence-electron chi connectivity index (χ0n) is 7.93. The molecule has 1 heterocycles. The number of aromatic carboxylic acids is 1. The van der Waals surface area contributed by atoms with Crippen molar-refractivity contribution in [1.82, 2.24) is 5.32 Å². The van der Waals surface area contributed by atoms with Gasteiger partial charge in [-0.25, -0.2) is 9.59 Å². The minimum absolute atomic E-state index is 0.183. The molecule has 0 radical (unpaired) electrons. The Morgan fingerprint density at radius 2 is 2.27 bits per heavy atom. The monoisotopic (exact) mass is 206 g/mol. The van der Waals surface area contributed by atoms with Crippen molar-refractivity contribution in [3.63, 3.8) is 0 Å². The normalized spacial score (nSPS) is 15.2. The summed E-state index contributed by atoms with van der Waals surface area (Å²) in [7, 11) is 0. The molecule has 5 nitrogen and oxygen atoms in total. The summed E-state index contributed by atoms with van der Waals surface area (Å²) in [5, 5.41) is 11.5.